The number of nitrogens with one attached hydrogen (secondary N) is 1. The zero-order chi connectivity index (χ0) is 20.2. The summed E-state index contributed by atoms with van der Waals surface area (Å²) in [6, 6.07) is 3.72. The van der Waals surface area contributed by atoms with Gasteiger partial charge in [0.25, 0.3) is 0 Å². The van der Waals surface area contributed by atoms with E-state index < -0.39 is 24.9 Å². The van der Waals surface area contributed by atoms with Crippen LogP contribution in [-0.2, 0) is 6.42 Å². The second kappa shape index (κ2) is 8.61. The third-order valence-electron chi connectivity index (χ3n) is 3.58. The summed E-state index contributed by atoms with van der Waals surface area (Å²) < 4.78 is 50.8. The van der Waals surface area contributed by atoms with Crippen molar-refractivity contribution in [2.75, 3.05) is 18.4 Å². The molecule has 0 unspecified atom stereocenters. The number of urea groups is 1. The van der Waals surface area contributed by atoms with Crippen LogP contribution in [0, 0.1) is 12.7 Å². The molecule has 0 spiro atoms. The van der Waals surface area contributed by atoms with Crippen LogP contribution < -0.4 is 5.32 Å². The number of rotatable bonds is 6. The Balaban J connectivity index is 2.00. The monoisotopic (exact) mass is 406 g/mol. The van der Waals surface area contributed by atoms with Crippen molar-refractivity contribution in [3.8, 4) is 0 Å². The van der Waals surface area contributed by atoms with E-state index in [9.17, 15) is 22.4 Å². The average Bonchev–Trinajstić information content (AvgIpc) is 2.97. The van der Waals surface area contributed by atoms with Crippen LogP contribution in [0.25, 0.3) is 0 Å². The van der Waals surface area contributed by atoms with Crippen LogP contribution in [0.2, 0.25) is 0 Å². The molecule has 2 aromatic rings. The molecule has 1 aromatic carbocycles. The van der Waals surface area contributed by atoms with Gasteiger partial charge < -0.3 is 10.0 Å². The minimum atomic E-state index is -4.81. The van der Waals surface area contributed by atoms with E-state index in [0.717, 1.165) is 21.8 Å². The number of aliphatic hydroxyl groups excluding tert-OH is 1. The number of nitrogens with zero attached hydrogens (tertiary/aromatic N) is 3. The van der Waals surface area contributed by atoms with Crippen molar-refractivity contribution in [1.29, 1.82) is 0 Å². The molecule has 11 heteroatoms. The fourth-order valence-electron chi connectivity index (χ4n) is 2.30. The number of amides is 2. The van der Waals surface area contributed by atoms with Gasteiger partial charge in [0.05, 0.1) is 6.54 Å². The summed E-state index contributed by atoms with van der Waals surface area (Å²) >= 11 is 1.03. The smallest absolute Gasteiger partial charge is 0.382 e. The molecule has 1 aromatic heterocycles. The van der Waals surface area contributed by atoms with Crippen LogP contribution >= 0.6 is 11.3 Å². The average molecular weight is 406 g/mol. The number of alkyl halides is 3. The predicted molar refractivity (Wildman–Crippen MR) is 92.2 cm³/mol. The fraction of sp³-hybridized carbons (Fsp3) is 0.438. The summed E-state index contributed by atoms with van der Waals surface area (Å²) in [6.45, 7) is 2.32. The van der Waals surface area contributed by atoms with E-state index in [1.54, 1.807) is 13.0 Å². The standard InChI is InChI=1S/C16H18F4N4O2S/c1-3-24(8-12(25)16(18,19)20)15(26)21-14-23-22-13(27-14)7-10-4-9(2)5-11(17)6-10/h4-6,12,25H,3,7-8H2,1-2H3,(H,21,23,26)/t12-/m1/s1. The minimum absolute atomic E-state index is 0.0345. The number of likely N-dealkylation sites (N-methyl/N-ethyl adjacent to an activating group) is 1. The molecule has 2 N–H and O–H groups in total. The van der Waals surface area contributed by atoms with E-state index >= 15 is 0 Å². The van der Waals surface area contributed by atoms with Crippen molar-refractivity contribution < 1.29 is 27.5 Å². The number of anilines is 1. The van der Waals surface area contributed by atoms with Crippen LogP contribution in [0.3, 0.4) is 0 Å². The molecular formula is C16H18F4N4O2S. The van der Waals surface area contributed by atoms with Crippen LogP contribution in [0.15, 0.2) is 18.2 Å². The summed E-state index contributed by atoms with van der Waals surface area (Å²) in [4.78, 5) is 12.9. The van der Waals surface area contributed by atoms with E-state index in [1.807, 2.05) is 0 Å². The van der Waals surface area contributed by atoms with Gasteiger partial charge in [-0.1, -0.05) is 17.4 Å². The highest BCUT2D eigenvalue weighted by atomic mass is 32.1. The van der Waals surface area contributed by atoms with Gasteiger partial charge in [-0.3, -0.25) is 5.32 Å². The molecule has 1 heterocycles. The second-order valence-corrected chi connectivity index (χ2v) is 6.90. The summed E-state index contributed by atoms with van der Waals surface area (Å²) in [7, 11) is 0. The van der Waals surface area contributed by atoms with E-state index in [-0.39, 0.29) is 17.5 Å². The summed E-state index contributed by atoms with van der Waals surface area (Å²) in [5, 5.41) is 19.7. The van der Waals surface area contributed by atoms with Gasteiger partial charge in [-0.2, -0.15) is 13.2 Å². The molecule has 0 aliphatic heterocycles. The van der Waals surface area contributed by atoms with E-state index in [0.29, 0.717) is 17.0 Å². The Morgan fingerprint density at radius 1 is 1.33 bits per heavy atom. The highest BCUT2D eigenvalue weighted by molar-refractivity contribution is 7.15. The van der Waals surface area contributed by atoms with Gasteiger partial charge in [0.15, 0.2) is 6.10 Å². The van der Waals surface area contributed by atoms with E-state index in [1.165, 1.54) is 19.1 Å². The molecule has 27 heavy (non-hydrogen) atoms. The van der Waals surface area contributed by atoms with Gasteiger partial charge in [-0.25, -0.2) is 9.18 Å². The molecule has 1 atom stereocenters. The largest absolute Gasteiger partial charge is 0.416 e. The number of hydrogen-bond acceptors (Lipinski definition) is 5. The van der Waals surface area contributed by atoms with Gasteiger partial charge in [-0.15, -0.1) is 10.2 Å². The minimum Gasteiger partial charge on any atom is -0.382 e. The van der Waals surface area contributed by atoms with Gasteiger partial charge in [-0.05, 0) is 37.1 Å². The topological polar surface area (TPSA) is 78.4 Å². The first kappa shape index (κ1) is 21.0. The first-order chi connectivity index (χ1) is 12.6. The number of aryl methyl sites for hydroxylation is 1. The zero-order valence-electron chi connectivity index (χ0n) is 14.5. The lowest BCUT2D eigenvalue weighted by atomic mass is 10.1. The van der Waals surface area contributed by atoms with Crippen molar-refractivity contribution in [3.05, 3.63) is 40.2 Å². The Labute approximate surface area is 156 Å². The molecule has 148 valence electrons. The molecule has 0 radical (unpaired) electrons. The van der Waals surface area contributed by atoms with Crippen molar-refractivity contribution in [1.82, 2.24) is 15.1 Å². The SMILES string of the molecule is CCN(C[C@@H](O)C(F)(F)F)C(=O)Nc1nnc(Cc2cc(C)cc(F)c2)s1. The number of carbonyl (C=O) groups is 1. The lowest BCUT2D eigenvalue weighted by molar-refractivity contribution is -0.206. The van der Waals surface area contributed by atoms with Crippen molar-refractivity contribution in [2.24, 2.45) is 0 Å². The normalized spacial score (nSPS) is 12.7. The van der Waals surface area contributed by atoms with Crippen molar-refractivity contribution in [3.63, 3.8) is 0 Å². The maximum atomic E-state index is 13.4. The Morgan fingerprint density at radius 2 is 2.04 bits per heavy atom. The number of aromatic nitrogens is 2. The predicted octanol–water partition coefficient (Wildman–Crippen LogP) is 3.35. The highest BCUT2D eigenvalue weighted by Crippen LogP contribution is 2.22. The van der Waals surface area contributed by atoms with Crippen molar-refractivity contribution >= 4 is 22.5 Å². The number of halogens is 4. The number of hydrogen-bond donors (Lipinski definition) is 2. The molecule has 0 saturated carbocycles. The number of benzene rings is 1. The van der Waals surface area contributed by atoms with E-state index in [4.69, 9.17) is 5.11 Å². The van der Waals surface area contributed by atoms with Crippen LogP contribution in [0.5, 0.6) is 0 Å². The Hall–Kier alpha value is -2.27. The molecule has 0 aliphatic carbocycles. The number of aliphatic hydroxyl groups is 1. The van der Waals surface area contributed by atoms with Gasteiger partial charge in [0, 0.05) is 13.0 Å². The first-order valence-electron chi connectivity index (χ1n) is 7.97. The zero-order valence-corrected chi connectivity index (χ0v) is 15.4. The molecule has 0 bridgehead atoms. The summed E-state index contributed by atoms with van der Waals surface area (Å²) in [6.07, 6.45) is -7.15. The fourth-order valence-corrected chi connectivity index (χ4v) is 3.07. The molecular weight excluding hydrogens is 388 g/mol. The Morgan fingerprint density at radius 3 is 2.63 bits per heavy atom. The quantitative estimate of drug-likeness (QED) is 0.722. The highest BCUT2D eigenvalue weighted by Gasteiger charge is 2.39. The lowest BCUT2D eigenvalue weighted by Gasteiger charge is -2.24. The van der Waals surface area contributed by atoms with Gasteiger partial charge in [0.2, 0.25) is 5.13 Å². The molecule has 2 amide bonds. The third-order valence-corrected chi connectivity index (χ3v) is 4.42. The molecule has 6 nitrogen and oxygen atoms in total. The molecule has 0 saturated heterocycles. The molecule has 0 aliphatic rings. The first-order valence-corrected chi connectivity index (χ1v) is 8.79. The molecule has 2 rings (SSSR count). The van der Waals surface area contributed by atoms with Gasteiger partial charge in [0.1, 0.15) is 10.8 Å². The van der Waals surface area contributed by atoms with E-state index in [2.05, 4.69) is 15.5 Å². The Kier molecular flexibility index (Phi) is 6.71. The van der Waals surface area contributed by atoms with Crippen molar-refractivity contribution in [2.45, 2.75) is 32.5 Å². The Bertz CT molecular complexity index is 777. The van der Waals surface area contributed by atoms with Crippen LogP contribution in [0.4, 0.5) is 27.5 Å². The van der Waals surface area contributed by atoms with Crippen LogP contribution in [0.1, 0.15) is 23.1 Å². The number of carbonyl (C=O) groups excluding carboxylic acids is 1. The third kappa shape index (κ3) is 6.14. The van der Waals surface area contributed by atoms with Crippen LogP contribution in [-0.4, -0.2) is 51.6 Å². The second-order valence-electron chi connectivity index (χ2n) is 5.84. The lowest BCUT2D eigenvalue weighted by Crippen LogP contribution is -2.45. The summed E-state index contributed by atoms with van der Waals surface area (Å²) in [5.41, 5.74) is 1.44. The van der Waals surface area contributed by atoms with Gasteiger partial charge >= 0.3 is 12.2 Å². The maximum Gasteiger partial charge on any atom is 0.416 e. The summed E-state index contributed by atoms with van der Waals surface area (Å²) in [5.74, 6) is -0.371. The molecule has 0 fully saturated rings. The maximum absolute atomic E-state index is 13.4.